The molecule has 0 radical (unpaired) electrons. The molecule has 3 rings (SSSR count). The summed E-state index contributed by atoms with van der Waals surface area (Å²) >= 11 is 9.43. The fourth-order valence-electron chi connectivity index (χ4n) is 1.92. The molecule has 3 aromatic rings. The van der Waals surface area contributed by atoms with Crippen LogP contribution in [-0.4, -0.2) is 15.0 Å². The molecular formula is C13H9BrClN3. The summed E-state index contributed by atoms with van der Waals surface area (Å²) in [6.07, 6.45) is 1.87. The molecule has 0 saturated heterocycles. The molecule has 0 spiro atoms. The molecule has 0 aliphatic heterocycles. The quantitative estimate of drug-likeness (QED) is 0.723. The number of nitrogens with zero attached hydrogens (tertiary/aromatic N) is 2. The van der Waals surface area contributed by atoms with Gasteiger partial charge in [0.05, 0.1) is 11.1 Å². The second-order valence-corrected chi connectivity index (χ2v) is 5.28. The minimum absolute atomic E-state index is 0.717. The zero-order chi connectivity index (χ0) is 12.7. The number of nitrogens with one attached hydrogen (secondary N) is 1. The minimum atomic E-state index is 0.717. The summed E-state index contributed by atoms with van der Waals surface area (Å²) < 4.78 is 0.961. The van der Waals surface area contributed by atoms with Gasteiger partial charge in [-0.1, -0.05) is 23.7 Å². The molecule has 0 atom stereocenters. The van der Waals surface area contributed by atoms with Crippen LogP contribution in [0.4, 0.5) is 0 Å². The van der Waals surface area contributed by atoms with Gasteiger partial charge in [0.1, 0.15) is 11.5 Å². The predicted octanol–water partition coefficient (Wildman–Crippen LogP) is 4.35. The lowest BCUT2D eigenvalue weighted by molar-refractivity contribution is 1.08. The third-order valence-corrected chi connectivity index (χ3v) is 3.59. The van der Waals surface area contributed by atoms with Crippen LogP contribution in [0.3, 0.4) is 0 Å². The summed E-state index contributed by atoms with van der Waals surface area (Å²) in [6.45, 7) is 1.88. The van der Waals surface area contributed by atoms with Crippen LogP contribution in [-0.2, 0) is 0 Å². The second kappa shape index (κ2) is 4.37. The Kier molecular flexibility index (Phi) is 2.84. The monoisotopic (exact) mass is 321 g/mol. The number of aryl methyl sites for hydroxylation is 1. The van der Waals surface area contributed by atoms with Crippen molar-refractivity contribution in [3.8, 4) is 11.3 Å². The van der Waals surface area contributed by atoms with Crippen molar-refractivity contribution in [1.82, 2.24) is 15.0 Å². The maximum atomic E-state index is 5.91. The highest BCUT2D eigenvalue weighted by atomic mass is 79.9. The van der Waals surface area contributed by atoms with Gasteiger partial charge in [0.15, 0.2) is 0 Å². The number of fused-ring (bicyclic) bond motifs is 1. The van der Waals surface area contributed by atoms with Crippen molar-refractivity contribution in [3.63, 3.8) is 0 Å². The zero-order valence-electron chi connectivity index (χ0n) is 9.54. The first-order valence-corrected chi connectivity index (χ1v) is 6.59. The number of rotatable bonds is 1. The van der Waals surface area contributed by atoms with E-state index in [1.807, 2.05) is 37.4 Å². The lowest BCUT2D eigenvalue weighted by atomic mass is 10.1. The largest absolute Gasteiger partial charge is 0.345 e. The predicted molar refractivity (Wildman–Crippen MR) is 76.8 cm³/mol. The fraction of sp³-hybridized carbons (Fsp3) is 0.0769. The highest BCUT2D eigenvalue weighted by Gasteiger charge is 2.12. The molecule has 2 heterocycles. The summed E-state index contributed by atoms with van der Waals surface area (Å²) in [5.41, 5.74) is 2.76. The Morgan fingerprint density at radius 2 is 1.89 bits per heavy atom. The van der Waals surface area contributed by atoms with E-state index in [1.165, 1.54) is 0 Å². The average molecular weight is 323 g/mol. The van der Waals surface area contributed by atoms with E-state index < -0.39 is 0 Å². The first kappa shape index (κ1) is 11.7. The van der Waals surface area contributed by atoms with Crippen molar-refractivity contribution in [1.29, 1.82) is 0 Å². The third kappa shape index (κ3) is 1.91. The number of benzene rings is 1. The van der Waals surface area contributed by atoms with E-state index in [2.05, 4.69) is 30.9 Å². The van der Waals surface area contributed by atoms with Crippen LogP contribution in [0.15, 0.2) is 34.9 Å². The lowest BCUT2D eigenvalue weighted by Crippen LogP contribution is -1.93. The van der Waals surface area contributed by atoms with Gasteiger partial charge < -0.3 is 4.98 Å². The van der Waals surface area contributed by atoms with Crippen LogP contribution >= 0.6 is 27.5 Å². The van der Waals surface area contributed by atoms with Gasteiger partial charge in [0.2, 0.25) is 0 Å². The van der Waals surface area contributed by atoms with Crippen molar-refractivity contribution in [2.24, 2.45) is 0 Å². The normalized spacial score (nSPS) is 11.1. The zero-order valence-corrected chi connectivity index (χ0v) is 11.9. The van der Waals surface area contributed by atoms with Crippen LogP contribution in [0.1, 0.15) is 5.82 Å². The summed E-state index contributed by atoms with van der Waals surface area (Å²) in [6, 6.07) is 7.65. The van der Waals surface area contributed by atoms with Crippen molar-refractivity contribution < 1.29 is 0 Å². The second-order valence-electron chi connectivity index (χ2n) is 3.99. The fourth-order valence-corrected chi connectivity index (χ4v) is 2.54. The van der Waals surface area contributed by atoms with Crippen LogP contribution < -0.4 is 0 Å². The van der Waals surface area contributed by atoms with Gasteiger partial charge in [-0.05, 0) is 35.0 Å². The van der Waals surface area contributed by atoms with Gasteiger partial charge in [0.25, 0.3) is 0 Å². The van der Waals surface area contributed by atoms with Crippen LogP contribution in [0.2, 0.25) is 5.02 Å². The number of hydrogen-bond donors (Lipinski definition) is 1. The molecule has 1 aromatic carbocycles. The van der Waals surface area contributed by atoms with E-state index in [9.17, 15) is 0 Å². The maximum absolute atomic E-state index is 5.91. The number of aromatic nitrogens is 3. The van der Waals surface area contributed by atoms with Crippen molar-refractivity contribution in [3.05, 3.63) is 45.8 Å². The van der Waals surface area contributed by atoms with E-state index in [0.29, 0.717) is 5.02 Å². The van der Waals surface area contributed by atoms with Gasteiger partial charge in [-0.3, -0.25) is 0 Å². The molecule has 90 valence electrons. The molecule has 1 N–H and O–H groups in total. The molecule has 0 bridgehead atoms. The van der Waals surface area contributed by atoms with Gasteiger partial charge in [-0.15, -0.1) is 0 Å². The highest BCUT2D eigenvalue weighted by molar-refractivity contribution is 9.10. The van der Waals surface area contributed by atoms with E-state index in [1.54, 1.807) is 0 Å². The van der Waals surface area contributed by atoms with Gasteiger partial charge in [-0.25, -0.2) is 9.97 Å². The van der Waals surface area contributed by atoms with Gasteiger partial charge in [-0.2, -0.15) is 0 Å². The van der Waals surface area contributed by atoms with E-state index >= 15 is 0 Å². The van der Waals surface area contributed by atoms with Crippen LogP contribution in [0.25, 0.3) is 22.3 Å². The van der Waals surface area contributed by atoms with E-state index in [4.69, 9.17) is 11.6 Å². The van der Waals surface area contributed by atoms with Crippen molar-refractivity contribution >= 4 is 38.6 Å². The molecule has 3 nitrogen and oxygen atoms in total. The number of aromatic amines is 1. The number of hydrogen-bond acceptors (Lipinski definition) is 2. The SMILES string of the molecule is Cc1nc(-c2ccc(Cl)cc2)c2c(Br)c[nH]c2n1. The Hall–Kier alpha value is -1.39. The third-order valence-electron chi connectivity index (χ3n) is 2.71. The first-order chi connectivity index (χ1) is 8.65. The lowest BCUT2D eigenvalue weighted by Gasteiger charge is -2.05. The molecular weight excluding hydrogens is 314 g/mol. The number of H-pyrrole nitrogens is 1. The Bertz CT molecular complexity index is 719. The van der Waals surface area contributed by atoms with Crippen molar-refractivity contribution in [2.75, 3.05) is 0 Å². The molecule has 18 heavy (non-hydrogen) atoms. The number of halogens is 2. The summed E-state index contributed by atoms with van der Waals surface area (Å²) in [5.74, 6) is 0.738. The molecule has 0 aliphatic rings. The first-order valence-electron chi connectivity index (χ1n) is 5.42. The Morgan fingerprint density at radius 1 is 1.17 bits per heavy atom. The van der Waals surface area contributed by atoms with Crippen LogP contribution in [0, 0.1) is 6.92 Å². The molecule has 0 unspecified atom stereocenters. The van der Waals surface area contributed by atoms with E-state index in [-0.39, 0.29) is 0 Å². The minimum Gasteiger partial charge on any atom is -0.345 e. The van der Waals surface area contributed by atoms with E-state index in [0.717, 1.165) is 32.6 Å². The summed E-state index contributed by atoms with van der Waals surface area (Å²) in [7, 11) is 0. The Balaban J connectivity index is 2.33. The van der Waals surface area contributed by atoms with Crippen LogP contribution in [0.5, 0.6) is 0 Å². The Morgan fingerprint density at radius 3 is 2.61 bits per heavy atom. The smallest absolute Gasteiger partial charge is 0.142 e. The van der Waals surface area contributed by atoms with Gasteiger partial charge in [0, 0.05) is 21.3 Å². The topological polar surface area (TPSA) is 41.6 Å². The maximum Gasteiger partial charge on any atom is 0.142 e. The summed E-state index contributed by atoms with van der Waals surface area (Å²) in [4.78, 5) is 12.0. The molecule has 0 saturated carbocycles. The van der Waals surface area contributed by atoms with Gasteiger partial charge >= 0.3 is 0 Å². The Labute approximate surface area is 117 Å². The summed E-state index contributed by atoms with van der Waals surface area (Å²) in [5, 5.41) is 1.71. The molecule has 2 aromatic heterocycles. The standard InChI is InChI=1S/C13H9BrClN3/c1-7-17-12(8-2-4-9(15)5-3-8)11-10(14)6-16-13(11)18-7/h2-6H,1H3,(H,16,17,18). The average Bonchev–Trinajstić information content (AvgIpc) is 2.71. The molecule has 0 aliphatic carbocycles. The van der Waals surface area contributed by atoms with Crippen molar-refractivity contribution in [2.45, 2.75) is 6.92 Å². The molecule has 0 amide bonds. The highest BCUT2D eigenvalue weighted by Crippen LogP contribution is 2.32. The molecule has 5 heteroatoms. The molecule has 0 fully saturated rings.